The summed E-state index contributed by atoms with van der Waals surface area (Å²) < 4.78 is 38.9. The molecule has 1 saturated heterocycles. The summed E-state index contributed by atoms with van der Waals surface area (Å²) in [4.78, 5) is 23.9. The van der Waals surface area contributed by atoms with Crippen LogP contribution in [0.2, 0.25) is 0 Å². The number of nitro benzene ring substituents is 1. The van der Waals surface area contributed by atoms with Crippen LogP contribution in [0, 0.1) is 22.0 Å². The van der Waals surface area contributed by atoms with Gasteiger partial charge in [-0.05, 0) is 37.3 Å². The number of rotatable bonds is 5. The van der Waals surface area contributed by atoms with Gasteiger partial charge in [0, 0.05) is 25.6 Å². The van der Waals surface area contributed by atoms with Crippen molar-refractivity contribution < 1.29 is 22.9 Å². The van der Waals surface area contributed by atoms with Gasteiger partial charge in [-0.2, -0.15) is 13.2 Å². The molecule has 9 heteroatoms. The van der Waals surface area contributed by atoms with E-state index < -0.39 is 22.4 Å². The minimum absolute atomic E-state index is 0.0665. The summed E-state index contributed by atoms with van der Waals surface area (Å²) >= 11 is 0. The summed E-state index contributed by atoms with van der Waals surface area (Å²) in [5.74, 6) is 0.348. The zero-order chi connectivity index (χ0) is 18.2. The predicted octanol–water partition coefficient (Wildman–Crippen LogP) is 3.28. The first-order chi connectivity index (χ1) is 11.8. The summed E-state index contributed by atoms with van der Waals surface area (Å²) in [6, 6.07) is 3.13. The minimum atomic E-state index is -4.79. The van der Waals surface area contributed by atoms with E-state index in [1.54, 1.807) is 4.90 Å². The fourth-order valence-electron chi connectivity index (χ4n) is 3.15. The van der Waals surface area contributed by atoms with Crippen molar-refractivity contribution in [2.75, 3.05) is 25.0 Å². The Morgan fingerprint density at radius 2 is 2.04 bits per heavy atom. The SMILES string of the molecule is O=C(C1CC1)N1CC[C@@H](CNc2cccc(C(F)(F)F)c2[N+](=O)[O-])C1. The zero-order valence-corrected chi connectivity index (χ0v) is 13.4. The van der Waals surface area contributed by atoms with Crippen molar-refractivity contribution in [3.8, 4) is 0 Å². The fourth-order valence-corrected chi connectivity index (χ4v) is 3.15. The second-order valence-electron chi connectivity index (χ2n) is 6.55. The predicted molar refractivity (Wildman–Crippen MR) is 84.0 cm³/mol. The lowest BCUT2D eigenvalue weighted by Crippen LogP contribution is -2.30. The highest BCUT2D eigenvalue weighted by molar-refractivity contribution is 5.81. The maximum Gasteiger partial charge on any atom is 0.423 e. The van der Waals surface area contributed by atoms with Crippen molar-refractivity contribution >= 4 is 17.3 Å². The summed E-state index contributed by atoms with van der Waals surface area (Å²) in [5, 5.41) is 13.9. The van der Waals surface area contributed by atoms with Crippen LogP contribution in [0.15, 0.2) is 18.2 Å². The smallest absolute Gasteiger partial charge is 0.379 e. The molecule has 2 aliphatic rings. The Hall–Kier alpha value is -2.32. The monoisotopic (exact) mass is 357 g/mol. The van der Waals surface area contributed by atoms with E-state index in [9.17, 15) is 28.1 Å². The molecule has 1 heterocycles. The molecule has 2 fully saturated rings. The lowest BCUT2D eigenvalue weighted by atomic mass is 10.1. The molecule has 0 spiro atoms. The molecule has 1 aromatic carbocycles. The molecule has 0 radical (unpaired) electrons. The highest BCUT2D eigenvalue weighted by atomic mass is 19.4. The van der Waals surface area contributed by atoms with Gasteiger partial charge >= 0.3 is 11.9 Å². The number of nitrogens with one attached hydrogen (secondary N) is 1. The number of halogens is 3. The van der Waals surface area contributed by atoms with Crippen LogP contribution >= 0.6 is 0 Å². The molecule has 1 aliphatic heterocycles. The number of hydrogen-bond acceptors (Lipinski definition) is 4. The van der Waals surface area contributed by atoms with Crippen LogP contribution in [0.3, 0.4) is 0 Å². The van der Waals surface area contributed by atoms with Crippen LogP contribution in [0.1, 0.15) is 24.8 Å². The number of hydrogen-bond donors (Lipinski definition) is 1. The third kappa shape index (κ3) is 3.85. The summed E-state index contributed by atoms with van der Waals surface area (Å²) in [6.07, 6.45) is -2.21. The van der Waals surface area contributed by atoms with Gasteiger partial charge < -0.3 is 10.2 Å². The van der Waals surface area contributed by atoms with E-state index in [1.165, 1.54) is 6.07 Å². The Balaban J connectivity index is 1.67. The van der Waals surface area contributed by atoms with Crippen molar-refractivity contribution in [3.63, 3.8) is 0 Å². The normalized spacial score (nSPS) is 20.6. The molecule has 3 rings (SSSR count). The Labute approximate surface area is 142 Å². The number of amides is 1. The molecule has 1 saturated carbocycles. The van der Waals surface area contributed by atoms with E-state index in [0.717, 1.165) is 25.3 Å². The van der Waals surface area contributed by atoms with Crippen molar-refractivity contribution in [2.45, 2.75) is 25.4 Å². The van der Waals surface area contributed by atoms with Crippen LogP contribution in [0.25, 0.3) is 0 Å². The van der Waals surface area contributed by atoms with Gasteiger partial charge in [0.2, 0.25) is 5.91 Å². The number of anilines is 1. The van der Waals surface area contributed by atoms with Crippen LogP contribution in [0.4, 0.5) is 24.5 Å². The van der Waals surface area contributed by atoms with Crippen molar-refractivity contribution in [2.24, 2.45) is 11.8 Å². The molecule has 1 atom stereocenters. The molecule has 25 heavy (non-hydrogen) atoms. The Morgan fingerprint density at radius 3 is 2.64 bits per heavy atom. The van der Waals surface area contributed by atoms with Crippen LogP contribution in [0.5, 0.6) is 0 Å². The van der Waals surface area contributed by atoms with Gasteiger partial charge in [-0.15, -0.1) is 0 Å². The lowest BCUT2D eigenvalue weighted by Gasteiger charge is -2.17. The molecule has 6 nitrogen and oxygen atoms in total. The average molecular weight is 357 g/mol. The van der Waals surface area contributed by atoms with E-state index in [2.05, 4.69) is 5.32 Å². The molecule has 1 amide bonds. The van der Waals surface area contributed by atoms with E-state index in [0.29, 0.717) is 19.2 Å². The van der Waals surface area contributed by atoms with Gasteiger partial charge in [-0.3, -0.25) is 14.9 Å². The average Bonchev–Trinajstić information content (AvgIpc) is 3.29. The third-order valence-corrected chi connectivity index (χ3v) is 4.63. The molecular formula is C16H18F3N3O3. The number of carbonyl (C=O) groups is 1. The van der Waals surface area contributed by atoms with Gasteiger partial charge in [-0.25, -0.2) is 0 Å². The Morgan fingerprint density at radius 1 is 1.32 bits per heavy atom. The number of para-hydroxylation sites is 1. The quantitative estimate of drug-likeness (QED) is 0.648. The van der Waals surface area contributed by atoms with Crippen LogP contribution in [-0.4, -0.2) is 35.4 Å². The maximum absolute atomic E-state index is 13.0. The third-order valence-electron chi connectivity index (χ3n) is 4.63. The molecule has 1 aromatic rings. The first-order valence-electron chi connectivity index (χ1n) is 8.14. The summed E-state index contributed by atoms with van der Waals surface area (Å²) in [7, 11) is 0. The Kier molecular flexibility index (Phi) is 4.57. The van der Waals surface area contributed by atoms with Gasteiger partial charge in [0.1, 0.15) is 11.3 Å². The fraction of sp³-hybridized carbons (Fsp3) is 0.562. The van der Waals surface area contributed by atoms with Gasteiger partial charge in [0.25, 0.3) is 0 Å². The van der Waals surface area contributed by atoms with E-state index in [-0.39, 0.29) is 30.0 Å². The first kappa shape index (κ1) is 17.5. The summed E-state index contributed by atoms with van der Waals surface area (Å²) in [5.41, 5.74) is -2.37. The molecule has 1 N–H and O–H groups in total. The van der Waals surface area contributed by atoms with Gasteiger partial charge in [-0.1, -0.05) is 6.07 Å². The maximum atomic E-state index is 13.0. The van der Waals surface area contributed by atoms with Crippen LogP contribution < -0.4 is 5.32 Å². The van der Waals surface area contributed by atoms with E-state index in [4.69, 9.17) is 0 Å². The largest absolute Gasteiger partial charge is 0.423 e. The molecule has 0 unspecified atom stereocenters. The number of nitro groups is 1. The van der Waals surface area contributed by atoms with Crippen molar-refractivity contribution in [1.82, 2.24) is 4.90 Å². The Bertz CT molecular complexity index is 689. The molecule has 1 aliphatic carbocycles. The minimum Gasteiger partial charge on any atom is -0.379 e. The second kappa shape index (κ2) is 6.53. The molecular weight excluding hydrogens is 339 g/mol. The number of nitrogens with zero attached hydrogens (tertiary/aromatic N) is 2. The summed E-state index contributed by atoms with van der Waals surface area (Å²) in [6.45, 7) is 1.46. The highest BCUT2D eigenvalue weighted by Gasteiger charge is 2.40. The topological polar surface area (TPSA) is 75.5 Å². The zero-order valence-electron chi connectivity index (χ0n) is 13.4. The van der Waals surface area contributed by atoms with Crippen LogP contribution in [-0.2, 0) is 11.0 Å². The molecule has 0 aromatic heterocycles. The van der Waals surface area contributed by atoms with Gasteiger partial charge in [0.15, 0.2) is 0 Å². The highest BCUT2D eigenvalue weighted by Crippen LogP contribution is 2.40. The van der Waals surface area contributed by atoms with E-state index in [1.807, 2.05) is 0 Å². The van der Waals surface area contributed by atoms with Crippen molar-refractivity contribution in [3.05, 3.63) is 33.9 Å². The van der Waals surface area contributed by atoms with E-state index >= 15 is 0 Å². The lowest BCUT2D eigenvalue weighted by molar-refractivity contribution is -0.387. The molecule has 0 bridgehead atoms. The number of alkyl halides is 3. The van der Waals surface area contributed by atoms with Gasteiger partial charge in [0.05, 0.1) is 4.92 Å². The number of carbonyl (C=O) groups excluding carboxylic acids is 1. The number of likely N-dealkylation sites (tertiary alicyclic amines) is 1. The molecule has 136 valence electrons. The number of benzene rings is 1. The second-order valence-corrected chi connectivity index (χ2v) is 6.55. The standard InChI is InChI=1S/C16H18F3N3O3/c17-16(18,19)12-2-1-3-13(14(12)22(24)25)20-8-10-6-7-21(9-10)15(23)11-4-5-11/h1-3,10-11,20H,4-9H2/t10-/m0/s1. The first-order valence-corrected chi connectivity index (χ1v) is 8.14. The van der Waals surface area contributed by atoms with Crippen molar-refractivity contribution in [1.29, 1.82) is 0 Å².